The van der Waals surface area contributed by atoms with Gasteiger partial charge in [0.2, 0.25) is 0 Å². The van der Waals surface area contributed by atoms with Crippen molar-refractivity contribution in [3.63, 3.8) is 0 Å². The molecule has 0 bridgehead atoms. The maximum Gasteiger partial charge on any atom is 0.417 e. The van der Waals surface area contributed by atoms with E-state index in [1.807, 2.05) is 19.1 Å². The molecule has 2 aromatic carbocycles. The average Bonchev–Trinajstić information content (AvgIpc) is 2.55. The van der Waals surface area contributed by atoms with Crippen molar-refractivity contribution in [1.29, 1.82) is 5.26 Å². The van der Waals surface area contributed by atoms with Crippen LogP contribution < -0.4 is 4.90 Å². The summed E-state index contributed by atoms with van der Waals surface area (Å²) in [7, 11) is 1.51. The molecule has 124 valence electrons. The lowest BCUT2D eigenvalue weighted by molar-refractivity contribution is -0.137. The zero-order valence-electron chi connectivity index (χ0n) is 13.1. The average molecular weight is 332 g/mol. The molecule has 0 aromatic heterocycles. The smallest absolute Gasteiger partial charge is 0.417 e. The summed E-state index contributed by atoms with van der Waals surface area (Å²) in [4.78, 5) is 1.35. The Labute approximate surface area is 137 Å². The van der Waals surface area contributed by atoms with Crippen molar-refractivity contribution < 1.29 is 18.3 Å². The molecule has 0 saturated heterocycles. The molecule has 0 unspecified atom stereocenters. The highest BCUT2D eigenvalue weighted by atomic mass is 19.4. The van der Waals surface area contributed by atoms with E-state index in [0.29, 0.717) is 5.69 Å². The molecular formula is C18H15F3N2O. The van der Waals surface area contributed by atoms with Crippen LogP contribution in [0.25, 0.3) is 5.76 Å². The third-order valence-electron chi connectivity index (χ3n) is 3.57. The molecular weight excluding hydrogens is 317 g/mol. The highest BCUT2D eigenvalue weighted by molar-refractivity contribution is 5.73. The maximum atomic E-state index is 13.1. The van der Waals surface area contributed by atoms with Crippen molar-refractivity contribution in [3.8, 4) is 6.07 Å². The topological polar surface area (TPSA) is 47.3 Å². The molecule has 1 N–H and O–H groups in total. The van der Waals surface area contributed by atoms with Crippen molar-refractivity contribution in [1.82, 2.24) is 0 Å². The number of anilines is 1. The maximum absolute atomic E-state index is 13.1. The lowest BCUT2D eigenvalue weighted by Crippen LogP contribution is -2.18. The van der Waals surface area contributed by atoms with E-state index in [9.17, 15) is 23.5 Å². The summed E-state index contributed by atoms with van der Waals surface area (Å²) < 4.78 is 39.3. The summed E-state index contributed by atoms with van der Waals surface area (Å²) in [5.74, 6) is -0.714. The van der Waals surface area contributed by atoms with Crippen molar-refractivity contribution in [2.24, 2.45) is 0 Å². The first-order chi connectivity index (χ1) is 11.3. The van der Waals surface area contributed by atoms with Crippen LogP contribution in [0.4, 0.5) is 18.9 Å². The fourth-order valence-electron chi connectivity index (χ4n) is 2.25. The quantitative estimate of drug-likeness (QED) is 0.642. The Morgan fingerprint density at radius 2 is 1.67 bits per heavy atom. The van der Waals surface area contributed by atoms with Crippen LogP contribution in [0.3, 0.4) is 0 Å². The van der Waals surface area contributed by atoms with Crippen LogP contribution in [-0.4, -0.2) is 12.2 Å². The Bertz CT molecular complexity index is 802. The molecule has 0 atom stereocenters. The predicted molar refractivity (Wildman–Crippen MR) is 86.2 cm³/mol. The summed E-state index contributed by atoms with van der Waals surface area (Å²) in [6.45, 7) is 1.89. The van der Waals surface area contributed by atoms with Gasteiger partial charge in [-0.05, 0) is 25.1 Å². The number of hydrogen-bond donors (Lipinski definition) is 1. The van der Waals surface area contributed by atoms with E-state index in [0.717, 1.165) is 17.7 Å². The van der Waals surface area contributed by atoms with Gasteiger partial charge in [-0.1, -0.05) is 35.9 Å². The van der Waals surface area contributed by atoms with Gasteiger partial charge >= 0.3 is 6.18 Å². The van der Waals surface area contributed by atoms with Gasteiger partial charge in [0.25, 0.3) is 0 Å². The standard InChI is InChI=1S/C18H15F3N2O/c1-12-7-9-13(10-8-12)23(2)16(11-22)17(24)14-5-3-4-6-15(14)18(19,20)21/h3-10,24H,1-2H3/b17-16-. The van der Waals surface area contributed by atoms with Crippen LogP contribution in [0.1, 0.15) is 16.7 Å². The van der Waals surface area contributed by atoms with E-state index in [-0.39, 0.29) is 5.70 Å². The number of aryl methyl sites for hydroxylation is 1. The second-order valence-corrected chi connectivity index (χ2v) is 5.25. The minimum absolute atomic E-state index is 0.268. The Morgan fingerprint density at radius 1 is 1.08 bits per heavy atom. The normalized spacial score (nSPS) is 12.3. The van der Waals surface area contributed by atoms with Crippen LogP contribution in [0.15, 0.2) is 54.2 Å². The molecule has 6 heteroatoms. The number of alkyl halides is 3. The van der Waals surface area contributed by atoms with Crippen LogP contribution in [0, 0.1) is 18.3 Å². The van der Waals surface area contributed by atoms with Gasteiger partial charge in [0.15, 0.2) is 11.5 Å². The van der Waals surface area contributed by atoms with Gasteiger partial charge in [0.05, 0.1) is 5.56 Å². The highest BCUT2D eigenvalue weighted by Crippen LogP contribution is 2.35. The molecule has 0 aliphatic heterocycles. The number of halogens is 3. The minimum Gasteiger partial charge on any atom is -0.504 e. The number of nitrogens with zero attached hydrogens (tertiary/aromatic N) is 2. The summed E-state index contributed by atoms with van der Waals surface area (Å²) in [5.41, 5.74) is -0.113. The van der Waals surface area contributed by atoms with Crippen LogP contribution >= 0.6 is 0 Å². The Hall–Kier alpha value is -2.94. The molecule has 0 radical (unpaired) electrons. The van der Waals surface area contributed by atoms with E-state index >= 15 is 0 Å². The minimum atomic E-state index is -4.63. The second-order valence-electron chi connectivity index (χ2n) is 5.25. The first kappa shape index (κ1) is 17.4. The van der Waals surface area contributed by atoms with Gasteiger partial charge in [0, 0.05) is 18.3 Å². The highest BCUT2D eigenvalue weighted by Gasteiger charge is 2.34. The van der Waals surface area contributed by atoms with Gasteiger partial charge in [-0.25, -0.2) is 0 Å². The number of aliphatic hydroxyl groups is 1. The number of allylic oxidation sites excluding steroid dienone is 1. The third kappa shape index (κ3) is 3.51. The van der Waals surface area contributed by atoms with Gasteiger partial charge in [-0.3, -0.25) is 0 Å². The summed E-state index contributed by atoms with van der Waals surface area (Å²) in [6.07, 6.45) is -4.63. The largest absolute Gasteiger partial charge is 0.504 e. The Kier molecular flexibility index (Phi) is 4.84. The van der Waals surface area contributed by atoms with Crippen molar-refractivity contribution in [3.05, 3.63) is 70.9 Å². The third-order valence-corrected chi connectivity index (χ3v) is 3.57. The molecule has 0 heterocycles. The number of rotatable bonds is 3. The second kappa shape index (κ2) is 6.67. The van der Waals surface area contributed by atoms with Crippen LogP contribution in [0.5, 0.6) is 0 Å². The lowest BCUT2D eigenvalue weighted by atomic mass is 10.0. The first-order valence-corrected chi connectivity index (χ1v) is 7.06. The SMILES string of the molecule is Cc1ccc(N(C)/C(C#N)=C(\O)c2ccccc2C(F)(F)F)cc1. The van der Waals surface area contributed by atoms with E-state index in [2.05, 4.69) is 0 Å². The van der Waals surface area contributed by atoms with E-state index in [1.165, 1.54) is 24.1 Å². The van der Waals surface area contributed by atoms with Crippen molar-refractivity contribution in [2.45, 2.75) is 13.1 Å². The molecule has 2 rings (SSSR count). The fraction of sp³-hybridized carbons (Fsp3) is 0.167. The molecule has 24 heavy (non-hydrogen) atoms. The number of nitriles is 1. The molecule has 0 aliphatic carbocycles. The molecule has 0 amide bonds. The zero-order valence-corrected chi connectivity index (χ0v) is 13.1. The molecule has 0 fully saturated rings. The molecule has 0 spiro atoms. The zero-order chi connectivity index (χ0) is 17.9. The molecule has 3 nitrogen and oxygen atoms in total. The summed E-state index contributed by atoms with van der Waals surface area (Å²) in [6, 6.07) is 13.4. The summed E-state index contributed by atoms with van der Waals surface area (Å²) in [5, 5.41) is 19.7. The van der Waals surface area contributed by atoms with Crippen molar-refractivity contribution in [2.75, 3.05) is 11.9 Å². The summed E-state index contributed by atoms with van der Waals surface area (Å²) >= 11 is 0. The number of hydrogen-bond acceptors (Lipinski definition) is 3. The van der Waals surface area contributed by atoms with E-state index in [1.54, 1.807) is 18.2 Å². The van der Waals surface area contributed by atoms with Gasteiger partial charge < -0.3 is 10.0 Å². The molecule has 2 aromatic rings. The lowest BCUT2D eigenvalue weighted by Gasteiger charge is -2.20. The fourth-order valence-corrected chi connectivity index (χ4v) is 2.25. The number of benzene rings is 2. The first-order valence-electron chi connectivity index (χ1n) is 7.06. The van der Waals surface area contributed by atoms with Gasteiger partial charge in [-0.2, -0.15) is 18.4 Å². The van der Waals surface area contributed by atoms with E-state index in [4.69, 9.17) is 0 Å². The predicted octanol–water partition coefficient (Wildman–Crippen LogP) is 4.90. The Balaban J connectivity index is 2.56. The molecule has 0 saturated carbocycles. The Morgan fingerprint density at radius 3 is 2.21 bits per heavy atom. The number of aliphatic hydroxyl groups excluding tert-OH is 1. The van der Waals surface area contributed by atoms with Gasteiger partial charge in [0.1, 0.15) is 6.07 Å². The van der Waals surface area contributed by atoms with E-state index < -0.39 is 23.1 Å². The van der Waals surface area contributed by atoms with Crippen molar-refractivity contribution >= 4 is 11.4 Å². The van der Waals surface area contributed by atoms with Crippen LogP contribution in [0.2, 0.25) is 0 Å². The van der Waals surface area contributed by atoms with Crippen LogP contribution in [-0.2, 0) is 6.18 Å². The monoisotopic (exact) mass is 332 g/mol. The molecule has 0 aliphatic rings. The van der Waals surface area contributed by atoms with Gasteiger partial charge in [-0.15, -0.1) is 0 Å².